The molecule has 1 fully saturated rings. The maximum absolute atomic E-state index is 5.68. The maximum atomic E-state index is 5.68. The molecule has 0 atom stereocenters. The molecular formula is C22H33N5O2. The highest BCUT2D eigenvalue weighted by molar-refractivity contribution is 5.79. The number of aryl methyl sites for hydroxylation is 1. The highest BCUT2D eigenvalue weighted by atomic mass is 16.5. The number of aromatic nitrogens is 2. The molecule has 0 bridgehead atoms. The van der Waals surface area contributed by atoms with Crippen molar-refractivity contribution in [1.29, 1.82) is 0 Å². The SMILES string of the molecule is CCCc1noc(-c2cccc(CN=C(NCC)NCCCOCC3CC3)c2)n1. The Morgan fingerprint density at radius 3 is 2.97 bits per heavy atom. The molecule has 3 rings (SSSR count). The van der Waals surface area contributed by atoms with E-state index >= 15 is 0 Å². The van der Waals surface area contributed by atoms with Crippen LogP contribution in [0, 0.1) is 5.92 Å². The van der Waals surface area contributed by atoms with Crippen molar-refractivity contribution < 1.29 is 9.26 Å². The largest absolute Gasteiger partial charge is 0.381 e. The molecule has 0 saturated heterocycles. The van der Waals surface area contributed by atoms with Crippen LogP contribution in [0.15, 0.2) is 33.8 Å². The van der Waals surface area contributed by atoms with E-state index in [2.05, 4.69) is 46.8 Å². The van der Waals surface area contributed by atoms with Crippen molar-refractivity contribution in [2.45, 2.75) is 52.5 Å². The van der Waals surface area contributed by atoms with Gasteiger partial charge in [-0.25, -0.2) is 4.99 Å². The summed E-state index contributed by atoms with van der Waals surface area (Å²) in [5.74, 6) is 2.97. The first-order valence-corrected chi connectivity index (χ1v) is 10.8. The zero-order valence-electron chi connectivity index (χ0n) is 17.6. The number of hydrogen-bond donors (Lipinski definition) is 2. The van der Waals surface area contributed by atoms with Crippen molar-refractivity contribution >= 4 is 5.96 Å². The van der Waals surface area contributed by atoms with Gasteiger partial charge in [0, 0.05) is 38.3 Å². The van der Waals surface area contributed by atoms with Gasteiger partial charge in [0.05, 0.1) is 6.54 Å². The van der Waals surface area contributed by atoms with Crippen LogP contribution in [0.1, 0.15) is 50.9 Å². The van der Waals surface area contributed by atoms with Gasteiger partial charge in [-0.3, -0.25) is 0 Å². The Kier molecular flexibility index (Phi) is 8.49. The number of rotatable bonds is 12. The summed E-state index contributed by atoms with van der Waals surface area (Å²) in [6.07, 6.45) is 5.48. The van der Waals surface area contributed by atoms with Crippen LogP contribution in [0.4, 0.5) is 0 Å². The minimum Gasteiger partial charge on any atom is -0.381 e. The lowest BCUT2D eigenvalue weighted by molar-refractivity contribution is 0.123. The van der Waals surface area contributed by atoms with Gasteiger partial charge in [-0.15, -0.1) is 0 Å². The van der Waals surface area contributed by atoms with Crippen LogP contribution in [0.25, 0.3) is 11.5 Å². The van der Waals surface area contributed by atoms with Gasteiger partial charge in [0.1, 0.15) is 0 Å². The molecule has 0 amide bonds. The lowest BCUT2D eigenvalue weighted by Crippen LogP contribution is -2.38. The van der Waals surface area contributed by atoms with Crippen LogP contribution in [0.3, 0.4) is 0 Å². The topological polar surface area (TPSA) is 84.6 Å². The molecule has 2 aromatic rings. The average Bonchev–Trinajstić information content (AvgIpc) is 3.45. The Bertz CT molecular complexity index is 770. The molecule has 0 aliphatic heterocycles. The second-order valence-corrected chi connectivity index (χ2v) is 7.46. The monoisotopic (exact) mass is 399 g/mol. The number of guanidine groups is 1. The van der Waals surface area contributed by atoms with Gasteiger partial charge in [-0.05, 0) is 56.2 Å². The number of benzene rings is 1. The zero-order chi connectivity index (χ0) is 20.3. The van der Waals surface area contributed by atoms with Crippen molar-refractivity contribution in [3.63, 3.8) is 0 Å². The number of ether oxygens (including phenoxy) is 1. The predicted octanol–water partition coefficient (Wildman–Crippen LogP) is 3.56. The van der Waals surface area contributed by atoms with Crippen LogP contribution in [0.5, 0.6) is 0 Å². The average molecular weight is 400 g/mol. The fourth-order valence-electron chi connectivity index (χ4n) is 2.93. The third-order valence-corrected chi connectivity index (χ3v) is 4.69. The summed E-state index contributed by atoms with van der Waals surface area (Å²) >= 11 is 0. The molecule has 1 aromatic heterocycles. The molecule has 7 heteroatoms. The molecule has 1 aliphatic rings. The minimum atomic E-state index is 0.565. The van der Waals surface area contributed by atoms with Gasteiger partial charge in [-0.1, -0.05) is 24.2 Å². The lowest BCUT2D eigenvalue weighted by Gasteiger charge is -2.11. The van der Waals surface area contributed by atoms with E-state index in [4.69, 9.17) is 14.3 Å². The molecular weight excluding hydrogens is 366 g/mol. The van der Waals surface area contributed by atoms with E-state index in [9.17, 15) is 0 Å². The van der Waals surface area contributed by atoms with Crippen molar-refractivity contribution in [3.8, 4) is 11.5 Å². The molecule has 29 heavy (non-hydrogen) atoms. The molecule has 1 aliphatic carbocycles. The number of nitrogens with one attached hydrogen (secondary N) is 2. The van der Waals surface area contributed by atoms with E-state index in [-0.39, 0.29) is 0 Å². The highest BCUT2D eigenvalue weighted by Crippen LogP contribution is 2.28. The van der Waals surface area contributed by atoms with Crippen LogP contribution in [0.2, 0.25) is 0 Å². The summed E-state index contributed by atoms with van der Waals surface area (Å²) in [6, 6.07) is 8.11. The summed E-state index contributed by atoms with van der Waals surface area (Å²) in [7, 11) is 0. The third kappa shape index (κ3) is 7.49. The van der Waals surface area contributed by atoms with Gasteiger partial charge < -0.3 is 19.9 Å². The van der Waals surface area contributed by atoms with Crippen molar-refractivity contribution in [3.05, 3.63) is 35.7 Å². The first kappa shape index (κ1) is 21.3. The summed E-state index contributed by atoms with van der Waals surface area (Å²) in [5.41, 5.74) is 2.03. The fraction of sp³-hybridized carbons (Fsp3) is 0.591. The second kappa shape index (κ2) is 11.6. The molecule has 1 aromatic carbocycles. The summed E-state index contributed by atoms with van der Waals surface area (Å²) < 4.78 is 11.1. The van der Waals surface area contributed by atoms with Crippen LogP contribution >= 0.6 is 0 Å². The highest BCUT2D eigenvalue weighted by Gasteiger charge is 2.20. The smallest absolute Gasteiger partial charge is 0.257 e. The summed E-state index contributed by atoms with van der Waals surface area (Å²) in [5, 5.41) is 10.7. The predicted molar refractivity (Wildman–Crippen MR) is 115 cm³/mol. The Hall–Kier alpha value is -2.41. The lowest BCUT2D eigenvalue weighted by atomic mass is 10.1. The molecule has 1 heterocycles. The normalized spacial score (nSPS) is 14.2. The van der Waals surface area contributed by atoms with Gasteiger partial charge in [-0.2, -0.15) is 4.98 Å². The number of hydrogen-bond acceptors (Lipinski definition) is 5. The van der Waals surface area contributed by atoms with E-state index < -0.39 is 0 Å². The van der Waals surface area contributed by atoms with E-state index in [0.717, 1.165) is 74.4 Å². The third-order valence-electron chi connectivity index (χ3n) is 4.69. The van der Waals surface area contributed by atoms with E-state index in [1.165, 1.54) is 12.8 Å². The summed E-state index contributed by atoms with van der Waals surface area (Å²) in [4.78, 5) is 9.16. The van der Waals surface area contributed by atoms with Gasteiger partial charge in [0.15, 0.2) is 11.8 Å². The molecule has 158 valence electrons. The zero-order valence-corrected chi connectivity index (χ0v) is 17.6. The van der Waals surface area contributed by atoms with Crippen molar-refractivity contribution in [2.24, 2.45) is 10.9 Å². The van der Waals surface area contributed by atoms with E-state index in [1.54, 1.807) is 0 Å². The molecule has 1 saturated carbocycles. The van der Waals surface area contributed by atoms with E-state index in [1.807, 2.05) is 12.1 Å². The van der Waals surface area contributed by atoms with Gasteiger partial charge in [0.2, 0.25) is 0 Å². The first-order valence-electron chi connectivity index (χ1n) is 10.8. The molecule has 2 N–H and O–H groups in total. The van der Waals surface area contributed by atoms with Crippen molar-refractivity contribution in [1.82, 2.24) is 20.8 Å². The Morgan fingerprint density at radius 2 is 2.17 bits per heavy atom. The van der Waals surface area contributed by atoms with E-state index in [0.29, 0.717) is 12.4 Å². The number of nitrogens with zero attached hydrogens (tertiary/aromatic N) is 3. The molecule has 0 radical (unpaired) electrons. The fourth-order valence-corrected chi connectivity index (χ4v) is 2.93. The summed E-state index contributed by atoms with van der Waals surface area (Å²) in [6.45, 7) is 8.15. The Labute approximate surface area is 173 Å². The quantitative estimate of drug-likeness (QED) is 0.322. The van der Waals surface area contributed by atoms with Crippen LogP contribution in [-0.4, -0.2) is 42.4 Å². The molecule has 0 spiro atoms. The molecule has 0 unspecified atom stereocenters. The Morgan fingerprint density at radius 1 is 1.28 bits per heavy atom. The van der Waals surface area contributed by atoms with Gasteiger partial charge in [0.25, 0.3) is 5.89 Å². The maximum Gasteiger partial charge on any atom is 0.257 e. The first-order chi connectivity index (χ1) is 14.3. The number of aliphatic imine (C=N–C) groups is 1. The van der Waals surface area contributed by atoms with Crippen LogP contribution in [-0.2, 0) is 17.7 Å². The standard InChI is InChI=1S/C22H33N5O2/c1-3-7-20-26-21(29-27-20)19-9-5-8-18(14-19)15-25-22(23-4-2)24-12-6-13-28-16-17-10-11-17/h5,8-9,14,17H,3-4,6-7,10-13,15-16H2,1-2H3,(H2,23,24,25). The van der Waals surface area contributed by atoms with Crippen molar-refractivity contribution in [2.75, 3.05) is 26.3 Å². The Balaban J connectivity index is 1.49. The van der Waals surface area contributed by atoms with Crippen LogP contribution < -0.4 is 10.6 Å². The minimum absolute atomic E-state index is 0.565. The second-order valence-electron chi connectivity index (χ2n) is 7.46. The van der Waals surface area contributed by atoms with Gasteiger partial charge >= 0.3 is 0 Å². The molecule has 7 nitrogen and oxygen atoms in total.